The number of hydrogen-bond donors (Lipinski definition) is 17. The van der Waals surface area contributed by atoms with Crippen LogP contribution in [0.15, 0.2) is 30.3 Å². The number of rotatable bonds is 31. The Labute approximate surface area is 393 Å². The minimum atomic E-state index is -2.00. The summed E-state index contributed by atoms with van der Waals surface area (Å²) in [5, 5.41) is 56.8. The number of carboxylic acids is 2. The van der Waals surface area contributed by atoms with Crippen LogP contribution >= 0.6 is 25.3 Å². The molecule has 18 N–H and O–H groups in total. The van der Waals surface area contributed by atoms with E-state index in [1.807, 2.05) is 0 Å². The first kappa shape index (κ1) is 58.5. The highest BCUT2D eigenvalue weighted by Gasteiger charge is 2.36. The fourth-order valence-electron chi connectivity index (χ4n) is 5.58. The van der Waals surface area contributed by atoms with Gasteiger partial charge in [-0.2, -0.15) is 25.3 Å². The standard InChI is InChI=1S/C38H57N11O16S2/c1-17(51)30(37(63)46-22(11-18-5-3-2-4-6-18)34(60)48-25(16-67)38(64)65)49-35(61)23(12-27(41)53)45-36(62)24(14-50)47-33(59)21(8-10-29(55)56)44-32(58)20(7-9-26(40)52)43-28(54)13-42-31(57)19(39)15-66/h2-6,17,19-25,30,50-51,66-67H,7-16,39H2,1H3,(H2,40,52)(H2,41,53)(H,42,57)(H,43,54)(H,44,58)(H,45,62)(H,46,63)(H,47,59)(H,48,60)(H,49,61)(H,55,56)(H,64,65)/t17-,19+,20+,21+,22+,23+,24+,25+,30+/m1/s1. The van der Waals surface area contributed by atoms with Gasteiger partial charge >= 0.3 is 11.9 Å². The molecule has 0 aliphatic carbocycles. The molecule has 0 fully saturated rings. The molecule has 0 heterocycles. The zero-order valence-corrected chi connectivity index (χ0v) is 37.8. The lowest BCUT2D eigenvalue weighted by Crippen LogP contribution is -2.62. The summed E-state index contributed by atoms with van der Waals surface area (Å²) in [6.45, 7) is -0.853. The van der Waals surface area contributed by atoms with Crippen LogP contribution in [0.4, 0.5) is 0 Å². The molecular weight excluding hydrogens is 931 g/mol. The Balaban J connectivity index is 3.31. The average molecular weight is 988 g/mol. The monoisotopic (exact) mass is 987 g/mol. The van der Waals surface area contributed by atoms with Gasteiger partial charge < -0.3 is 80.2 Å². The number of nitrogens with two attached hydrogens (primary N) is 3. The molecular formula is C38H57N11O16S2. The summed E-state index contributed by atoms with van der Waals surface area (Å²) in [5.41, 5.74) is 16.5. The molecule has 1 aromatic rings. The van der Waals surface area contributed by atoms with Gasteiger partial charge in [0.05, 0.1) is 31.7 Å². The number of carbonyl (C=O) groups is 12. The SMILES string of the molecule is C[C@@H](O)[C@H](NC(=O)[C@H](CC(N)=O)NC(=O)[C@H](CO)NC(=O)[C@H](CCC(=O)O)NC(=O)[C@H](CCC(N)=O)NC(=O)CNC(=O)[C@@H](N)CS)C(=O)N[C@@H](Cc1ccccc1)C(=O)N[C@@H](CS)C(=O)O. The summed E-state index contributed by atoms with van der Waals surface area (Å²) >= 11 is 7.79. The van der Waals surface area contributed by atoms with E-state index in [4.69, 9.17) is 17.2 Å². The largest absolute Gasteiger partial charge is 0.481 e. The fourth-order valence-corrected chi connectivity index (χ4v) is 5.99. The zero-order chi connectivity index (χ0) is 51.0. The van der Waals surface area contributed by atoms with E-state index >= 15 is 0 Å². The Morgan fingerprint density at radius 2 is 1.09 bits per heavy atom. The van der Waals surface area contributed by atoms with Crippen LogP contribution in [0.25, 0.3) is 0 Å². The molecule has 0 aliphatic heterocycles. The summed E-state index contributed by atoms with van der Waals surface area (Å²) in [6.07, 6.45) is -5.24. The summed E-state index contributed by atoms with van der Waals surface area (Å²) in [4.78, 5) is 152. The van der Waals surface area contributed by atoms with E-state index < -0.39 is 171 Å². The molecule has 67 heavy (non-hydrogen) atoms. The van der Waals surface area contributed by atoms with Crippen molar-refractivity contribution in [3.05, 3.63) is 35.9 Å². The van der Waals surface area contributed by atoms with Gasteiger partial charge in [-0.15, -0.1) is 0 Å². The van der Waals surface area contributed by atoms with Crippen LogP contribution in [0.1, 0.15) is 44.6 Å². The van der Waals surface area contributed by atoms with Gasteiger partial charge in [-0.3, -0.25) is 52.7 Å². The lowest BCUT2D eigenvalue weighted by Gasteiger charge is -2.28. The predicted molar refractivity (Wildman–Crippen MR) is 238 cm³/mol. The van der Waals surface area contributed by atoms with Gasteiger partial charge in [0.15, 0.2) is 0 Å². The Bertz CT molecular complexity index is 1950. The summed E-state index contributed by atoms with van der Waals surface area (Å²) in [7, 11) is 0. The molecule has 0 aromatic heterocycles. The molecule has 0 radical (unpaired) electrons. The number of amides is 10. The molecule has 1 aromatic carbocycles. The van der Waals surface area contributed by atoms with E-state index in [2.05, 4.69) is 67.8 Å². The number of aliphatic hydroxyl groups is 2. The van der Waals surface area contributed by atoms with Crippen LogP contribution < -0.4 is 59.7 Å². The van der Waals surface area contributed by atoms with Crippen molar-refractivity contribution in [2.75, 3.05) is 24.7 Å². The van der Waals surface area contributed by atoms with Crippen molar-refractivity contribution in [2.45, 2.75) is 99.9 Å². The maximum absolute atomic E-state index is 13.6. The van der Waals surface area contributed by atoms with Crippen LogP contribution in [0, 0.1) is 0 Å². The van der Waals surface area contributed by atoms with Crippen LogP contribution in [0.3, 0.4) is 0 Å². The average Bonchev–Trinajstić information content (AvgIpc) is 3.26. The third-order valence-corrected chi connectivity index (χ3v) is 9.96. The van der Waals surface area contributed by atoms with Crippen molar-refractivity contribution in [1.29, 1.82) is 0 Å². The van der Waals surface area contributed by atoms with Gasteiger partial charge in [-0.25, -0.2) is 4.79 Å². The lowest BCUT2D eigenvalue weighted by molar-refractivity contribution is -0.142. The maximum Gasteiger partial charge on any atom is 0.327 e. The normalized spacial score (nSPS) is 14.8. The quantitative estimate of drug-likeness (QED) is 0.0307. The van der Waals surface area contributed by atoms with Gasteiger partial charge in [0, 0.05) is 30.8 Å². The number of aliphatic hydroxyl groups excluding tert-OH is 2. The Kier molecular flexibility index (Phi) is 26.1. The number of carboxylic acid groups (broad SMARTS) is 2. The number of nitrogens with one attached hydrogen (secondary N) is 8. The summed E-state index contributed by atoms with van der Waals surface area (Å²) in [5.74, 6) is -14.4. The molecule has 0 bridgehead atoms. The first-order valence-corrected chi connectivity index (χ1v) is 21.4. The second-order valence-corrected chi connectivity index (χ2v) is 15.4. The Morgan fingerprint density at radius 1 is 0.597 bits per heavy atom. The topological polar surface area (TPSA) is 460 Å². The smallest absolute Gasteiger partial charge is 0.327 e. The number of primary amides is 2. The highest BCUT2D eigenvalue weighted by molar-refractivity contribution is 7.80. The molecule has 0 aliphatic rings. The minimum Gasteiger partial charge on any atom is -0.481 e. The molecule has 372 valence electrons. The van der Waals surface area contributed by atoms with Crippen molar-refractivity contribution in [2.24, 2.45) is 17.2 Å². The molecule has 0 unspecified atom stereocenters. The third kappa shape index (κ3) is 22.0. The predicted octanol–water partition coefficient (Wildman–Crippen LogP) is -7.61. The van der Waals surface area contributed by atoms with Crippen LogP contribution in [0.5, 0.6) is 0 Å². The number of hydrogen-bond acceptors (Lipinski definition) is 17. The van der Waals surface area contributed by atoms with E-state index in [1.54, 1.807) is 30.3 Å². The van der Waals surface area contributed by atoms with E-state index in [1.165, 1.54) is 0 Å². The molecule has 29 heteroatoms. The zero-order valence-electron chi connectivity index (χ0n) is 36.0. The Morgan fingerprint density at radius 3 is 1.60 bits per heavy atom. The van der Waals surface area contributed by atoms with Gasteiger partial charge in [-0.05, 0) is 25.3 Å². The van der Waals surface area contributed by atoms with Gasteiger partial charge in [0.2, 0.25) is 59.1 Å². The van der Waals surface area contributed by atoms with Crippen molar-refractivity contribution in [3.8, 4) is 0 Å². The molecule has 10 amide bonds. The number of benzene rings is 1. The first-order valence-electron chi connectivity index (χ1n) is 20.1. The van der Waals surface area contributed by atoms with E-state index in [0.29, 0.717) is 5.56 Å². The molecule has 0 saturated carbocycles. The molecule has 9 atom stereocenters. The van der Waals surface area contributed by atoms with E-state index in [-0.39, 0.29) is 17.9 Å². The van der Waals surface area contributed by atoms with Gasteiger partial charge in [0.25, 0.3) is 0 Å². The highest BCUT2D eigenvalue weighted by atomic mass is 32.1. The first-order chi connectivity index (χ1) is 31.4. The lowest BCUT2D eigenvalue weighted by atomic mass is 10.0. The maximum atomic E-state index is 13.6. The number of aliphatic carboxylic acids is 2. The van der Waals surface area contributed by atoms with Crippen molar-refractivity contribution in [3.63, 3.8) is 0 Å². The molecule has 0 saturated heterocycles. The summed E-state index contributed by atoms with van der Waals surface area (Å²) < 4.78 is 0. The third-order valence-electron chi connectivity index (χ3n) is 9.20. The van der Waals surface area contributed by atoms with Gasteiger partial charge in [-0.1, -0.05) is 30.3 Å². The fraction of sp³-hybridized carbons (Fsp3) is 0.526. The minimum absolute atomic E-state index is 0.0673. The molecule has 27 nitrogen and oxygen atoms in total. The number of thiol groups is 2. The van der Waals surface area contributed by atoms with Crippen LogP contribution in [0.2, 0.25) is 0 Å². The van der Waals surface area contributed by atoms with Crippen LogP contribution in [-0.4, -0.2) is 171 Å². The second-order valence-electron chi connectivity index (χ2n) is 14.7. The highest BCUT2D eigenvalue weighted by Crippen LogP contribution is 2.08. The van der Waals surface area contributed by atoms with Crippen molar-refractivity contribution in [1.82, 2.24) is 42.5 Å². The number of carbonyl (C=O) groups excluding carboxylic acids is 10. The van der Waals surface area contributed by atoms with Gasteiger partial charge in [0.1, 0.15) is 42.3 Å². The van der Waals surface area contributed by atoms with E-state index in [9.17, 15) is 78.0 Å². The van der Waals surface area contributed by atoms with Crippen molar-refractivity contribution >= 4 is 96.3 Å². The van der Waals surface area contributed by atoms with E-state index in [0.717, 1.165) is 6.92 Å². The molecule has 1 rings (SSSR count). The second kappa shape index (κ2) is 29.9. The Hall–Kier alpha value is -6.56. The van der Waals surface area contributed by atoms with Crippen LogP contribution in [-0.2, 0) is 64.0 Å². The van der Waals surface area contributed by atoms with Crippen molar-refractivity contribution < 1.29 is 78.0 Å². The molecule has 0 spiro atoms. The summed E-state index contributed by atoms with van der Waals surface area (Å²) in [6, 6.07) is -5.24.